The van der Waals surface area contributed by atoms with Gasteiger partial charge in [-0.2, -0.15) is 0 Å². The Morgan fingerprint density at radius 1 is 1.00 bits per heavy atom. The largest absolute Gasteiger partial charge is 0.425 e. The molecule has 1 N–H and O–H groups in total. The molecule has 2 aromatic rings. The Kier molecular flexibility index (Phi) is 5.72. The van der Waals surface area contributed by atoms with Gasteiger partial charge in [0.2, 0.25) is 5.91 Å². The maximum absolute atomic E-state index is 11.7. The molecule has 0 spiro atoms. The standard InChI is InChI=1S/C18H19NO3/c1-14-7-10-16(11-8-14)22-18(21)13-19-17(20)12-9-15-5-3-2-4-6-15/h2-8,10-11H,9,12-13H2,1H3,(H,19,20). The Hall–Kier alpha value is -2.62. The van der Waals surface area contributed by atoms with Gasteiger partial charge in [0.15, 0.2) is 0 Å². The number of rotatable bonds is 6. The Morgan fingerprint density at radius 3 is 2.36 bits per heavy atom. The van der Waals surface area contributed by atoms with Crippen LogP contribution in [0.4, 0.5) is 0 Å². The van der Waals surface area contributed by atoms with E-state index in [1.165, 1.54) is 0 Å². The number of nitrogens with one attached hydrogen (secondary N) is 1. The molecule has 0 unspecified atom stereocenters. The van der Waals surface area contributed by atoms with Gasteiger partial charge in [0, 0.05) is 6.42 Å². The van der Waals surface area contributed by atoms with Crippen LogP contribution < -0.4 is 10.1 Å². The number of amides is 1. The number of esters is 1. The average molecular weight is 297 g/mol. The summed E-state index contributed by atoms with van der Waals surface area (Å²) < 4.78 is 5.13. The molecule has 2 rings (SSSR count). The molecule has 0 heterocycles. The number of aryl methyl sites for hydroxylation is 2. The Balaban J connectivity index is 1.69. The molecule has 0 fully saturated rings. The van der Waals surface area contributed by atoms with E-state index in [1.807, 2.05) is 49.4 Å². The van der Waals surface area contributed by atoms with Crippen molar-refractivity contribution in [1.82, 2.24) is 5.32 Å². The number of hydrogen-bond donors (Lipinski definition) is 1. The highest BCUT2D eigenvalue weighted by Gasteiger charge is 2.08. The highest BCUT2D eigenvalue weighted by Crippen LogP contribution is 2.11. The predicted octanol–water partition coefficient (Wildman–Crippen LogP) is 2.65. The zero-order valence-electron chi connectivity index (χ0n) is 12.5. The van der Waals surface area contributed by atoms with Gasteiger partial charge in [-0.1, -0.05) is 48.0 Å². The van der Waals surface area contributed by atoms with Crippen LogP contribution in [0.5, 0.6) is 5.75 Å². The third-order valence-corrected chi connectivity index (χ3v) is 3.17. The lowest BCUT2D eigenvalue weighted by Crippen LogP contribution is -2.32. The van der Waals surface area contributed by atoms with Gasteiger partial charge in [0.05, 0.1) is 0 Å². The second-order valence-electron chi connectivity index (χ2n) is 5.05. The van der Waals surface area contributed by atoms with Crippen molar-refractivity contribution in [3.63, 3.8) is 0 Å². The maximum Gasteiger partial charge on any atom is 0.330 e. The van der Waals surface area contributed by atoms with Crippen molar-refractivity contribution < 1.29 is 14.3 Å². The zero-order valence-corrected chi connectivity index (χ0v) is 12.5. The van der Waals surface area contributed by atoms with E-state index < -0.39 is 5.97 Å². The second kappa shape index (κ2) is 7.98. The fraction of sp³-hybridized carbons (Fsp3) is 0.222. The average Bonchev–Trinajstić information content (AvgIpc) is 2.54. The summed E-state index contributed by atoms with van der Waals surface area (Å²) in [7, 11) is 0. The molecule has 0 aliphatic rings. The summed E-state index contributed by atoms with van der Waals surface area (Å²) in [5, 5.41) is 2.57. The van der Waals surface area contributed by atoms with Crippen molar-refractivity contribution in [3.8, 4) is 5.75 Å². The lowest BCUT2D eigenvalue weighted by molar-refractivity contribution is -0.135. The molecular weight excluding hydrogens is 278 g/mol. The zero-order chi connectivity index (χ0) is 15.8. The van der Waals surface area contributed by atoms with Gasteiger partial charge in [-0.15, -0.1) is 0 Å². The molecule has 0 atom stereocenters. The van der Waals surface area contributed by atoms with Gasteiger partial charge in [-0.05, 0) is 31.0 Å². The highest BCUT2D eigenvalue weighted by molar-refractivity contribution is 5.82. The molecule has 114 valence electrons. The van der Waals surface area contributed by atoms with E-state index in [0.29, 0.717) is 18.6 Å². The predicted molar refractivity (Wildman–Crippen MR) is 84.6 cm³/mol. The van der Waals surface area contributed by atoms with Gasteiger partial charge in [0.25, 0.3) is 0 Å². The summed E-state index contributed by atoms with van der Waals surface area (Å²) in [4.78, 5) is 23.3. The van der Waals surface area contributed by atoms with Crippen molar-refractivity contribution in [2.45, 2.75) is 19.8 Å². The van der Waals surface area contributed by atoms with Crippen LogP contribution in [-0.2, 0) is 16.0 Å². The fourth-order valence-electron chi connectivity index (χ4n) is 1.94. The van der Waals surface area contributed by atoms with Gasteiger partial charge in [-0.3, -0.25) is 4.79 Å². The van der Waals surface area contributed by atoms with Crippen molar-refractivity contribution in [1.29, 1.82) is 0 Å². The topological polar surface area (TPSA) is 55.4 Å². The van der Waals surface area contributed by atoms with E-state index in [4.69, 9.17) is 4.74 Å². The van der Waals surface area contributed by atoms with E-state index in [-0.39, 0.29) is 12.5 Å². The first-order valence-electron chi connectivity index (χ1n) is 7.21. The van der Waals surface area contributed by atoms with Crippen LogP contribution in [0.3, 0.4) is 0 Å². The lowest BCUT2D eigenvalue weighted by atomic mass is 10.1. The molecule has 0 aliphatic heterocycles. The van der Waals surface area contributed by atoms with Crippen LogP contribution in [0, 0.1) is 6.92 Å². The third kappa shape index (κ3) is 5.40. The van der Waals surface area contributed by atoms with Gasteiger partial charge >= 0.3 is 5.97 Å². The van der Waals surface area contributed by atoms with Crippen molar-refractivity contribution in [3.05, 3.63) is 65.7 Å². The minimum Gasteiger partial charge on any atom is -0.425 e. The Morgan fingerprint density at radius 2 is 1.68 bits per heavy atom. The molecule has 2 aromatic carbocycles. The number of ether oxygens (including phenoxy) is 1. The summed E-state index contributed by atoms with van der Waals surface area (Å²) in [6.07, 6.45) is 1.00. The normalized spacial score (nSPS) is 10.0. The molecule has 1 amide bonds. The van der Waals surface area contributed by atoms with Crippen molar-refractivity contribution >= 4 is 11.9 Å². The first-order valence-corrected chi connectivity index (χ1v) is 7.21. The molecule has 0 aliphatic carbocycles. The first kappa shape index (κ1) is 15.8. The van der Waals surface area contributed by atoms with Gasteiger partial charge in [-0.25, -0.2) is 4.79 Å². The monoisotopic (exact) mass is 297 g/mol. The van der Waals surface area contributed by atoms with E-state index in [9.17, 15) is 9.59 Å². The van der Waals surface area contributed by atoms with Crippen molar-refractivity contribution in [2.24, 2.45) is 0 Å². The summed E-state index contributed by atoms with van der Waals surface area (Å²) >= 11 is 0. The summed E-state index contributed by atoms with van der Waals surface area (Å²) in [5.41, 5.74) is 2.19. The van der Waals surface area contributed by atoms with Crippen LogP contribution in [0.15, 0.2) is 54.6 Å². The van der Waals surface area contributed by atoms with Crippen LogP contribution in [-0.4, -0.2) is 18.4 Å². The SMILES string of the molecule is Cc1ccc(OC(=O)CNC(=O)CCc2ccccc2)cc1. The number of benzene rings is 2. The van der Waals surface area contributed by atoms with Crippen molar-refractivity contribution in [2.75, 3.05) is 6.54 Å². The Bertz CT molecular complexity index is 621. The molecule has 0 saturated heterocycles. The maximum atomic E-state index is 11.7. The third-order valence-electron chi connectivity index (χ3n) is 3.17. The molecule has 0 radical (unpaired) electrons. The van der Waals surface area contributed by atoms with Crippen LogP contribution in [0.25, 0.3) is 0 Å². The van der Waals surface area contributed by atoms with E-state index in [0.717, 1.165) is 11.1 Å². The quantitative estimate of drug-likeness (QED) is 0.659. The number of carbonyl (C=O) groups is 2. The van der Waals surface area contributed by atoms with E-state index in [1.54, 1.807) is 12.1 Å². The van der Waals surface area contributed by atoms with Crippen LogP contribution in [0.2, 0.25) is 0 Å². The number of carbonyl (C=O) groups excluding carboxylic acids is 2. The molecule has 4 nitrogen and oxygen atoms in total. The summed E-state index contributed by atoms with van der Waals surface area (Å²) in [5.74, 6) is -0.157. The first-order chi connectivity index (χ1) is 10.6. The van der Waals surface area contributed by atoms with Gasteiger partial charge in [0.1, 0.15) is 12.3 Å². The van der Waals surface area contributed by atoms with Crippen LogP contribution in [0.1, 0.15) is 17.5 Å². The summed E-state index contributed by atoms with van der Waals surface area (Å²) in [6.45, 7) is 1.83. The summed E-state index contributed by atoms with van der Waals surface area (Å²) in [6, 6.07) is 16.9. The van der Waals surface area contributed by atoms with E-state index >= 15 is 0 Å². The molecular formula is C18H19NO3. The van der Waals surface area contributed by atoms with Gasteiger partial charge < -0.3 is 10.1 Å². The molecule has 4 heteroatoms. The smallest absolute Gasteiger partial charge is 0.330 e. The second-order valence-corrected chi connectivity index (χ2v) is 5.05. The fourth-order valence-corrected chi connectivity index (χ4v) is 1.94. The Labute approximate surface area is 130 Å². The molecule has 0 bridgehead atoms. The van der Waals surface area contributed by atoms with E-state index in [2.05, 4.69) is 5.32 Å². The molecule has 0 saturated carbocycles. The lowest BCUT2D eigenvalue weighted by Gasteiger charge is -2.06. The number of hydrogen-bond acceptors (Lipinski definition) is 3. The molecule has 22 heavy (non-hydrogen) atoms. The minimum absolute atomic E-state index is 0.124. The molecule has 0 aromatic heterocycles. The van der Waals surface area contributed by atoms with Crippen LogP contribution >= 0.6 is 0 Å². The highest BCUT2D eigenvalue weighted by atomic mass is 16.5. The minimum atomic E-state index is -0.475.